The second kappa shape index (κ2) is 6.41. The van der Waals surface area contributed by atoms with Gasteiger partial charge < -0.3 is 14.4 Å². The molecule has 0 unspecified atom stereocenters. The fraction of sp³-hybridized carbons (Fsp3) is 0.222. The molecular weight excluding hydrogens is 329 g/mol. The van der Waals surface area contributed by atoms with Crippen LogP contribution in [0.2, 0.25) is 0 Å². The highest BCUT2D eigenvalue weighted by Crippen LogP contribution is 2.42. The summed E-state index contributed by atoms with van der Waals surface area (Å²) < 4.78 is 45.3. The van der Waals surface area contributed by atoms with Crippen molar-refractivity contribution >= 4 is 23.8 Å². The van der Waals surface area contributed by atoms with Crippen molar-refractivity contribution in [1.29, 1.82) is 0 Å². The predicted molar refractivity (Wildman–Crippen MR) is 68.5 cm³/mol. The van der Waals surface area contributed by atoms with Gasteiger partial charge >= 0.3 is 13.8 Å². The van der Waals surface area contributed by atoms with Crippen LogP contribution in [0.15, 0.2) is 23.1 Å². The van der Waals surface area contributed by atoms with Gasteiger partial charge in [0.15, 0.2) is 11.5 Å². The molecule has 1 aromatic rings. The first-order valence-electron chi connectivity index (χ1n) is 5.20. The van der Waals surface area contributed by atoms with Crippen molar-refractivity contribution in [3.05, 3.63) is 18.2 Å². The lowest BCUT2D eigenvalue weighted by Crippen LogP contribution is -2.29. The maximum absolute atomic E-state index is 11.8. The molecule has 0 amide bonds. The number of sulfonamides is 1. The minimum atomic E-state index is -4.92. The molecule has 0 aliphatic carbocycles. The molecule has 0 aromatic heterocycles. The number of hydrogen-bond acceptors (Lipinski definition) is 6. The summed E-state index contributed by atoms with van der Waals surface area (Å²) in [6.07, 6.45) is 0. The lowest BCUT2D eigenvalue weighted by molar-refractivity contribution is -0.135. The van der Waals surface area contributed by atoms with Gasteiger partial charge in [-0.3, -0.25) is 14.6 Å². The molecule has 0 bridgehead atoms. The van der Waals surface area contributed by atoms with Crippen LogP contribution in [0.3, 0.4) is 0 Å². The van der Waals surface area contributed by atoms with E-state index in [-0.39, 0.29) is 5.75 Å². The van der Waals surface area contributed by atoms with Gasteiger partial charge in [0, 0.05) is 6.07 Å². The molecule has 0 heterocycles. The molecule has 0 spiro atoms. The average molecular weight is 341 g/mol. The topological polar surface area (TPSA) is 159 Å². The SMILES string of the molecule is COc1ccc(S(=O)(=O)NCC(=O)O)cc1OP(=O)(O)O. The number of carboxylic acids is 1. The molecule has 0 fully saturated rings. The van der Waals surface area contributed by atoms with E-state index in [1.165, 1.54) is 7.11 Å². The van der Waals surface area contributed by atoms with Crippen molar-refractivity contribution in [2.24, 2.45) is 0 Å². The van der Waals surface area contributed by atoms with Crippen LogP contribution >= 0.6 is 7.82 Å². The van der Waals surface area contributed by atoms with Crippen molar-refractivity contribution in [1.82, 2.24) is 4.72 Å². The number of carboxylic acid groups (broad SMARTS) is 1. The van der Waals surface area contributed by atoms with E-state index in [1.807, 2.05) is 0 Å². The largest absolute Gasteiger partial charge is 0.524 e. The summed E-state index contributed by atoms with van der Waals surface area (Å²) in [6.45, 7) is -0.844. The fourth-order valence-corrected chi connectivity index (χ4v) is 2.65. The third kappa shape index (κ3) is 5.33. The number of nitrogens with one attached hydrogen (secondary N) is 1. The Morgan fingerprint density at radius 3 is 2.43 bits per heavy atom. The number of ether oxygens (including phenoxy) is 1. The number of phosphoric ester groups is 1. The van der Waals surface area contributed by atoms with Gasteiger partial charge in [0.2, 0.25) is 10.0 Å². The third-order valence-corrected chi connectivity index (χ3v) is 3.91. The summed E-state index contributed by atoms with van der Waals surface area (Å²) in [4.78, 5) is 27.4. The molecular formula is C9H12NO9PS. The number of rotatable bonds is 7. The molecule has 0 aliphatic rings. The highest BCUT2D eigenvalue weighted by atomic mass is 32.2. The highest BCUT2D eigenvalue weighted by molar-refractivity contribution is 7.89. The Morgan fingerprint density at radius 1 is 1.33 bits per heavy atom. The number of carbonyl (C=O) groups is 1. The monoisotopic (exact) mass is 341 g/mol. The Labute approximate surface area is 119 Å². The minimum Gasteiger partial charge on any atom is -0.493 e. The van der Waals surface area contributed by atoms with E-state index in [4.69, 9.17) is 19.6 Å². The van der Waals surface area contributed by atoms with Crippen molar-refractivity contribution in [2.45, 2.75) is 4.90 Å². The maximum atomic E-state index is 11.8. The number of hydrogen-bond donors (Lipinski definition) is 4. The van der Waals surface area contributed by atoms with E-state index < -0.39 is 41.0 Å². The first-order chi connectivity index (χ1) is 9.55. The maximum Gasteiger partial charge on any atom is 0.524 e. The fourth-order valence-electron chi connectivity index (χ4n) is 1.26. The van der Waals surface area contributed by atoms with Crippen LogP contribution in [0.4, 0.5) is 0 Å². The molecule has 118 valence electrons. The Hall–Kier alpha value is -1.65. The van der Waals surface area contributed by atoms with E-state index in [0.717, 1.165) is 18.2 Å². The van der Waals surface area contributed by atoms with Crippen molar-refractivity contribution in [3.8, 4) is 11.5 Å². The second-order valence-electron chi connectivity index (χ2n) is 3.61. The number of benzene rings is 1. The standard InChI is InChI=1S/C9H12NO9PS/c1-18-7-3-2-6(4-8(7)19-20(13,14)15)21(16,17)10-5-9(11)12/h2-4,10H,5H2,1H3,(H,11,12)(H2,13,14,15). The summed E-state index contributed by atoms with van der Waals surface area (Å²) in [5, 5.41) is 8.44. The minimum absolute atomic E-state index is 0.101. The molecule has 0 saturated heterocycles. The van der Waals surface area contributed by atoms with E-state index in [2.05, 4.69) is 4.52 Å². The molecule has 1 aromatic carbocycles. The number of aliphatic carboxylic acids is 1. The highest BCUT2D eigenvalue weighted by Gasteiger charge is 2.23. The molecule has 0 aliphatic heterocycles. The molecule has 0 atom stereocenters. The second-order valence-corrected chi connectivity index (χ2v) is 6.54. The van der Waals surface area contributed by atoms with Crippen molar-refractivity contribution in [2.75, 3.05) is 13.7 Å². The van der Waals surface area contributed by atoms with E-state index >= 15 is 0 Å². The summed E-state index contributed by atoms with van der Waals surface area (Å²) in [6, 6.07) is 2.98. The average Bonchev–Trinajstić information content (AvgIpc) is 2.34. The predicted octanol–water partition coefficient (Wildman–Crippen LogP) is -0.470. The first kappa shape index (κ1) is 17.4. The van der Waals surface area contributed by atoms with Crippen molar-refractivity contribution < 1.29 is 41.9 Å². The van der Waals surface area contributed by atoms with Crippen LogP contribution in [0.25, 0.3) is 0 Å². The summed E-state index contributed by atoms with van der Waals surface area (Å²) in [5.74, 6) is -1.99. The van der Waals surface area contributed by atoms with Crippen LogP contribution in [-0.2, 0) is 19.4 Å². The van der Waals surface area contributed by atoms with Crippen LogP contribution < -0.4 is 14.0 Å². The Bertz CT molecular complexity index is 680. The Morgan fingerprint density at radius 2 is 1.95 bits per heavy atom. The normalized spacial score (nSPS) is 12.0. The number of methoxy groups -OCH3 is 1. The summed E-state index contributed by atoms with van der Waals surface area (Å²) >= 11 is 0. The van der Waals surface area contributed by atoms with Gasteiger partial charge in [-0.05, 0) is 12.1 Å². The molecule has 1 rings (SSSR count). The molecule has 4 N–H and O–H groups in total. The molecule has 10 nitrogen and oxygen atoms in total. The molecule has 0 saturated carbocycles. The lowest BCUT2D eigenvalue weighted by atomic mass is 10.3. The van der Waals surface area contributed by atoms with Crippen molar-refractivity contribution in [3.63, 3.8) is 0 Å². The van der Waals surface area contributed by atoms with Gasteiger partial charge in [-0.25, -0.2) is 13.0 Å². The van der Waals surface area contributed by atoms with Gasteiger partial charge in [0.25, 0.3) is 0 Å². The van der Waals surface area contributed by atoms with Gasteiger partial charge in [-0.1, -0.05) is 0 Å². The van der Waals surface area contributed by atoms with Crippen LogP contribution in [0, 0.1) is 0 Å². The smallest absolute Gasteiger partial charge is 0.493 e. The quantitative estimate of drug-likeness (QED) is 0.481. The zero-order valence-corrected chi connectivity index (χ0v) is 12.3. The lowest BCUT2D eigenvalue weighted by Gasteiger charge is -2.12. The summed E-state index contributed by atoms with van der Waals surface area (Å²) in [7, 11) is -7.90. The van der Waals surface area contributed by atoms with E-state index in [9.17, 15) is 17.8 Å². The summed E-state index contributed by atoms with van der Waals surface area (Å²) in [5.41, 5.74) is 0. The number of phosphoric acid groups is 1. The first-order valence-corrected chi connectivity index (χ1v) is 8.21. The molecule has 0 radical (unpaired) electrons. The van der Waals surface area contributed by atoms with Crippen LogP contribution in [-0.4, -0.2) is 42.9 Å². The Balaban J connectivity index is 3.18. The van der Waals surface area contributed by atoms with Gasteiger partial charge in [0.05, 0.1) is 12.0 Å². The van der Waals surface area contributed by atoms with Gasteiger partial charge in [-0.2, -0.15) is 4.72 Å². The van der Waals surface area contributed by atoms with Crippen LogP contribution in [0.5, 0.6) is 11.5 Å². The van der Waals surface area contributed by atoms with E-state index in [1.54, 1.807) is 4.72 Å². The molecule has 21 heavy (non-hydrogen) atoms. The van der Waals surface area contributed by atoms with E-state index in [0.29, 0.717) is 0 Å². The van der Waals surface area contributed by atoms with Crippen LogP contribution in [0.1, 0.15) is 0 Å². The zero-order chi connectivity index (χ0) is 16.3. The van der Waals surface area contributed by atoms with Gasteiger partial charge in [0.1, 0.15) is 6.54 Å². The van der Waals surface area contributed by atoms with Gasteiger partial charge in [-0.15, -0.1) is 0 Å². The third-order valence-electron chi connectivity index (χ3n) is 2.08. The molecule has 12 heteroatoms. The Kier molecular flexibility index (Phi) is 5.31. The zero-order valence-electron chi connectivity index (χ0n) is 10.6.